The first-order chi connectivity index (χ1) is 10.1. The van der Waals surface area contributed by atoms with Crippen LogP contribution in [0.2, 0.25) is 0 Å². The third-order valence-electron chi connectivity index (χ3n) is 2.61. The zero-order valence-corrected chi connectivity index (χ0v) is 13.5. The lowest BCUT2D eigenvalue weighted by molar-refractivity contribution is -0.111. The minimum Gasteiger partial charge on any atom is -0.465 e. The van der Waals surface area contributed by atoms with Crippen molar-refractivity contribution in [1.29, 1.82) is 0 Å². The Morgan fingerprint density at radius 2 is 2.05 bits per heavy atom. The average Bonchev–Trinajstić information content (AvgIpc) is 2.93. The Hall–Kier alpha value is -1.92. The van der Waals surface area contributed by atoms with Gasteiger partial charge in [-0.3, -0.25) is 4.79 Å². The number of thiophene rings is 1. The highest BCUT2D eigenvalue weighted by Gasteiger charge is 2.14. The highest BCUT2D eigenvalue weighted by atomic mass is 79.9. The number of anilines is 1. The summed E-state index contributed by atoms with van der Waals surface area (Å²) in [7, 11) is 1.31. The van der Waals surface area contributed by atoms with E-state index < -0.39 is 5.97 Å². The molecule has 0 radical (unpaired) electrons. The highest BCUT2D eigenvalue weighted by molar-refractivity contribution is 9.10. The van der Waals surface area contributed by atoms with Gasteiger partial charge in [-0.05, 0) is 29.2 Å². The number of methoxy groups -OCH3 is 1. The monoisotopic (exact) mass is 365 g/mol. The van der Waals surface area contributed by atoms with Gasteiger partial charge in [0.15, 0.2) is 0 Å². The normalized spacial score (nSPS) is 10.6. The van der Waals surface area contributed by atoms with E-state index in [2.05, 4.69) is 26.0 Å². The van der Waals surface area contributed by atoms with Crippen LogP contribution in [-0.4, -0.2) is 19.0 Å². The van der Waals surface area contributed by atoms with Crippen LogP contribution in [0, 0.1) is 0 Å². The van der Waals surface area contributed by atoms with E-state index in [9.17, 15) is 9.59 Å². The molecule has 2 aromatic rings. The number of rotatable bonds is 4. The molecule has 0 saturated heterocycles. The molecule has 1 aromatic carbocycles. The first-order valence-electron chi connectivity index (χ1n) is 6.01. The fraction of sp³-hybridized carbons (Fsp3) is 0.0667. The van der Waals surface area contributed by atoms with Crippen molar-refractivity contribution in [3.05, 3.63) is 56.7 Å². The summed E-state index contributed by atoms with van der Waals surface area (Å²) in [6.07, 6.45) is 3.11. The number of carbonyl (C=O) groups excluding carboxylic acids is 2. The standard InChI is InChI=1S/C15H12BrNO3S/c1-20-15(19)14-12(8-9-21-14)17-13(18)7-6-10-4-2-3-5-11(10)16/h2-9H,1H3,(H,17,18)/b7-6+. The molecule has 2 rings (SSSR count). The van der Waals surface area contributed by atoms with Crippen LogP contribution in [-0.2, 0) is 9.53 Å². The van der Waals surface area contributed by atoms with Crippen LogP contribution in [0.25, 0.3) is 6.08 Å². The maximum absolute atomic E-state index is 11.9. The third-order valence-corrected chi connectivity index (χ3v) is 4.23. The van der Waals surface area contributed by atoms with E-state index in [1.165, 1.54) is 24.5 Å². The lowest BCUT2D eigenvalue weighted by Gasteiger charge is -2.03. The van der Waals surface area contributed by atoms with E-state index in [0.717, 1.165) is 10.0 Å². The molecule has 0 unspecified atom stereocenters. The summed E-state index contributed by atoms with van der Waals surface area (Å²) < 4.78 is 5.56. The van der Waals surface area contributed by atoms with E-state index in [0.29, 0.717) is 10.6 Å². The van der Waals surface area contributed by atoms with E-state index in [1.54, 1.807) is 17.5 Å². The molecule has 1 N–H and O–H groups in total. The molecule has 0 aliphatic rings. The summed E-state index contributed by atoms with van der Waals surface area (Å²) in [6, 6.07) is 9.23. The highest BCUT2D eigenvalue weighted by Crippen LogP contribution is 2.23. The molecule has 0 bridgehead atoms. The summed E-state index contributed by atoms with van der Waals surface area (Å²) in [5, 5.41) is 4.39. The van der Waals surface area contributed by atoms with Gasteiger partial charge in [0.2, 0.25) is 5.91 Å². The number of hydrogen-bond acceptors (Lipinski definition) is 4. The lowest BCUT2D eigenvalue weighted by Crippen LogP contribution is -2.10. The molecule has 1 heterocycles. The molecule has 4 nitrogen and oxygen atoms in total. The zero-order chi connectivity index (χ0) is 15.2. The second-order valence-electron chi connectivity index (χ2n) is 4.00. The maximum atomic E-state index is 11.9. The van der Waals surface area contributed by atoms with Gasteiger partial charge < -0.3 is 10.1 Å². The van der Waals surface area contributed by atoms with E-state index in [4.69, 9.17) is 0 Å². The zero-order valence-electron chi connectivity index (χ0n) is 11.1. The van der Waals surface area contributed by atoms with Gasteiger partial charge in [-0.2, -0.15) is 0 Å². The summed E-state index contributed by atoms with van der Waals surface area (Å²) >= 11 is 4.62. The molecular formula is C15H12BrNO3S. The van der Waals surface area contributed by atoms with Gasteiger partial charge in [-0.15, -0.1) is 11.3 Å². The van der Waals surface area contributed by atoms with Crippen LogP contribution in [0.4, 0.5) is 5.69 Å². The Kier molecular flexibility index (Phi) is 5.30. The van der Waals surface area contributed by atoms with Gasteiger partial charge in [0.25, 0.3) is 0 Å². The van der Waals surface area contributed by atoms with Crippen molar-refractivity contribution in [2.75, 3.05) is 12.4 Å². The van der Waals surface area contributed by atoms with Gasteiger partial charge in [-0.1, -0.05) is 34.1 Å². The number of ether oxygens (including phenoxy) is 1. The van der Waals surface area contributed by atoms with Gasteiger partial charge in [0.05, 0.1) is 12.8 Å². The maximum Gasteiger partial charge on any atom is 0.350 e. The topological polar surface area (TPSA) is 55.4 Å². The Morgan fingerprint density at radius 1 is 1.29 bits per heavy atom. The molecule has 1 aromatic heterocycles. The van der Waals surface area contributed by atoms with Crippen LogP contribution in [0.3, 0.4) is 0 Å². The van der Waals surface area contributed by atoms with Crippen molar-refractivity contribution in [1.82, 2.24) is 0 Å². The van der Waals surface area contributed by atoms with Crippen molar-refractivity contribution in [3.63, 3.8) is 0 Å². The number of carbonyl (C=O) groups is 2. The first kappa shape index (κ1) is 15.5. The van der Waals surface area contributed by atoms with Crippen LogP contribution in [0.15, 0.2) is 46.3 Å². The molecule has 0 atom stereocenters. The molecule has 108 valence electrons. The van der Waals surface area contributed by atoms with Gasteiger partial charge in [0, 0.05) is 10.5 Å². The number of esters is 1. The predicted octanol–water partition coefficient (Wildman–Crippen LogP) is 3.95. The van der Waals surface area contributed by atoms with E-state index >= 15 is 0 Å². The van der Waals surface area contributed by atoms with Gasteiger partial charge in [-0.25, -0.2) is 4.79 Å². The second-order valence-corrected chi connectivity index (χ2v) is 5.77. The Labute approximate surface area is 134 Å². The van der Waals surface area contributed by atoms with Crippen LogP contribution < -0.4 is 5.32 Å². The summed E-state index contributed by atoms with van der Waals surface area (Å²) in [5.74, 6) is -0.774. The molecule has 1 amide bonds. The second kappa shape index (κ2) is 7.19. The number of hydrogen-bond donors (Lipinski definition) is 1. The average molecular weight is 366 g/mol. The fourth-order valence-electron chi connectivity index (χ4n) is 1.61. The summed E-state index contributed by atoms with van der Waals surface area (Å²) in [6.45, 7) is 0. The molecule has 0 aliphatic heterocycles. The Balaban J connectivity index is 2.08. The van der Waals surface area contributed by atoms with Crippen LogP contribution in [0.1, 0.15) is 15.2 Å². The van der Waals surface area contributed by atoms with Crippen LogP contribution >= 0.6 is 27.3 Å². The predicted molar refractivity (Wildman–Crippen MR) is 87.5 cm³/mol. The summed E-state index contributed by atoms with van der Waals surface area (Å²) in [4.78, 5) is 23.8. The number of halogens is 1. The molecule has 0 spiro atoms. The van der Waals surface area contributed by atoms with Gasteiger partial charge in [0.1, 0.15) is 4.88 Å². The Morgan fingerprint density at radius 3 is 2.76 bits per heavy atom. The van der Waals surface area contributed by atoms with Gasteiger partial charge >= 0.3 is 5.97 Å². The minimum atomic E-state index is -0.463. The quantitative estimate of drug-likeness (QED) is 0.659. The smallest absolute Gasteiger partial charge is 0.350 e. The fourth-order valence-corrected chi connectivity index (χ4v) is 2.79. The molecular weight excluding hydrogens is 354 g/mol. The first-order valence-corrected chi connectivity index (χ1v) is 7.68. The van der Waals surface area contributed by atoms with E-state index in [-0.39, 0.29) is 5.91 Å². The molecule has 21 heavy (non-hydrogen) atoms. The number of amides is 1. The molecule has 6 heteroatoms. The van der Waals surface area contributed by atoms with Crippen molar-refractivity contribution in [3.8, 4) is 0 Å². The SMILES string of the molecule is COC(=O)c1sccc1NC(=O)/C=C/c1ccccc1Br. The van der Waals surface area contributed by atoms with Crippen molar-refractivity contribution >= 4 is 50.9 Å². The molecule has 0 aliphatic carbocycles. The minimum absolute atomic E-state index is 0.311. The third kappa shape index (κ3) is 4.03. The van der Waals surface area contributed by atoms with Crippen molar-refractivity contribution in [2.45, 2.75) is 0 Å². The molecule has 0 saturated carbocycles. The summed E-state index contributed by atoms with van der Waals surface area (Å²) in [5.41, 5.74) is 1.35. The van der Waals surface area contributed by atoms with Crippen molar-refractivity contribution < 1.29 is 14.3 Å². The van der Waals surface area contributed by atoms with Crippen LogP contribution in [0.5, 0.6) is 0 Å². The molecule has 0 fully saturated rings. The number of benzene rings is 1. The largest absolute Gasteiger partial charge is 0.465 e. The van der Waals surface area contributed by atoms with Crippen molar-refractivity contribution in [2.24, 2.45) is 0 Å². The van der Waals surface area contributed by atoms with E-state index in [1.807, 2.05) is 24.3 Å². The number of nitrogens with one attached hydrogen (secondary N) is 1. The lowest BCUT2D eigenvalue weighted by atomic mass is 10.2. The Bertz CT molecular complexity index is 694.